The van der Waals surface area contributed by atoms with Crippen LogP contribution >= 0.6 is 0 Å². The number of nitrogens with two attached hydrogens (primary N) is 2. The Bertz CT molecular complexity index is 604. The van der Waals surface area contributed by atoms with E-state index < -0.39 is 6.09 Å². The SMILES string of the molecule is Nc1nn(C(=O)O)c(N)c1N=Nc1ccccc1. The second kappa shape index (κ2) is 4.53. The number of anilines is 2. The smallest absolute Gasteiger partial charge is 0.434 e. The molecule has 0 unspecified atom stereocenters. The Morgan fingerprint density at radius 2 is 1.89 bits per heavy atom. The lowest BCUT2D eigenvalue weighted by molar-refractivity contribution is 0.193. The summed E-state index contributed by atoms with van der Waals surface area (Å²) in [7, 11) is 0. The van der Waals surface area contributed by atoms with E-state index in [1.807, 2.05) is 6.07 Å². The summed E-state index contributed by atoms with van der Waals surface area (Å²) in [5, 5.41) is 20.0. The Morgan fingerprint density at radius 3 is 2.44 bits per heavy atom. The van der Waals surface area contributed by atoms with E-state index in [1.165, 1.54) is 0 Å². The molecule has 1 heterocycles. The molecular formula is C10H10N6O2. The lowest BCUT2D eigenvalue weighted by atomic mass is 10.3. The molecule has 92 valence electrons. The van der Waals surface area contributed by atoms with Crippen LogP contribution in [0, 0.1) is 0 Å². The standard InChI is InChI=1S/C10H10N6O2/c11-8-7(9(12)16(15-8)10(17)18)14-13-6-4-2-1-3-5-6/h1-5H,12H2,(H2,11,15)(H,17,18). The summed E-state index contributed by atoms with van der Waals surface area (Å²) in [6, 6.07) is 8.89. The number of nitrogens with zero attached hydrogens (tertiary/aromatic N) is 4. The predicted octanol–water partition coefficient (Wildman–Crippen LogP) is 1.99. The van der Waals surface area contributed by atoms with Crippen LogP contribution < -0.4 is 11.5 Å². The van der Waals surface area contributed by atoms with Crippen molar-refractivity contribution in [1.29, 1.82) is 0 Å². The van der Waals surface area contributed by atoms with Gasteiger partial charge in [-0.3, -0.25) is 0 Å². The number of hydrogen-bond acceptors (Lipinski definition) is 6. The summed E-state index contributed by atoms with van der Waals surface area (Å²) in [6.07, 6.45) is -1.33. The Morgan fingerprint density at radius 1 is 1.22 bits per heavy atom. The van der Waals surface area contributed by atoms with E-state index in [1.54, 1.807) is 24.3 Å². The van der Waals surface area contributed by atoms with E-state index in [-0.39, 0.29) is 17.3 Å². The summed E-state index contributed by atoms with van der Waals surface area (Å²) >= 11 is 0. The van der Waals surface area contributed by atoms with Crippen LogP contribution in [-0.4, -0.2) is 21.0 Å². The predicted molar refractivity (Wildman–Crippen MR) is 65.1 cm³/mol. The number of azo groups is 1. The highest BCUT2D eigenvalue weighted by Gasteiger charge is 2.17. The van der Waals surface area contributed by atoms with Crippen LogP contribution in [0.4, 0.5) is 27.8 Å². The van der Waals surface area contributed by atoms with Crippen molar-refractivity contribution in [3.05, 3.63) is 30.3 Å². The van der Waals surface area contributed by atoms with Gasteiger partial charge in [0, 0.05) is 0 Å². The van der Waals surface area contributed by atoms with E-state index in [2.05, 4.69) is 15.3 Å². The molecule has 0 fully saturated rings. The zero-order valence-electron chi connectivity index (χ0n) is 9.19. The fraction of sp³-hybridized carbons (Fsp3) is 0. The highest BCUT2D eigenvalue weighted by molar-refractivity contribution is 5.81. The van der Waals surface area contributed by atoms with E-state index in [9.17, 15) is 4.79 Å². The fourth-order valence-corrected chi connectivity index (χ4v) is 1.29. The first-order chi connectivity index (χ1) is 8.59. The molecule has 2 aromatic rings. The van der Waals surface area contributed by atoms with Crippen LogP contribution in [0.15, 0.2) is 40.6 Å². The molecule has 0 saturated carbocycles. The average molecular weight is 246 g/mol. The number of carboxylic acid groups (broad SMARTS) is 1. The molecule has 18 heavy (non-hydrogen) atoms. The third-order valence-corrected chi connectivity index (χ3v) is 2.12. The van der Waals surface area contributed by atoms with Crippen molar-refractivity contribution in [2.24, 2.45) is 10.2 Å². The normalized spacial score (nSPS) is 10.9. The van der Waals surface area contributed by atoms with E-state index in [0.29, 0.717) is 10.4 Å². The van der Waals surface area contributed by atoms with Crippen LogP contribution in [0.5, 0.6) is 0 Å². The summed E-state index contributed by atoms with van der Waals surface area (Å²) in [6.45, 7) is 0. The molecule has 0 atom stereocenters. The van der Waals surface area contributed by atoms with Crippen molar-refractivity contribution in [2.75, 3.05) is 11.5 Å². The summed E-state index contributed by atoms with van der Waals surface area (Å²) in [4.78, 5) is 10.8. The van der Waals surface area contributed by atoms with Gasteiger partial charge in [-0.25, -0.2) is 4.79 Å². The molecule has 0 aliphatic rings. The van der Waals surface area contributed by atoms with Gasteiger partial charge < -0.3 is 16.6 Å². The van der Waals surface area contributed by atoms with Gasteiger partial charge >= 0.3 is 6.09 Å². The number of rotatable bonds is 2. The zero-order valence-corrected chi connectivity index (χ0v) is 9.19. The van der Waals surface area contributed by atoms with Crippen molar-refractivity contribution in [2.45, 2.75) is 0 Å². The first kappa shape index (κ1) is 11.6. The lowest BCUT2D eigenvalue weighted by Gasteiger charge is -1.94. The molecule has 0 amide bonds. The molecule has 0 aliphatic carbocycles. The maximum absolute atomic E-state index is 10.8. The topological polar surface area (TPSA) is 132 Å². The highest BCUT2D eigenvalue weighted by Crippen LogP contribution is 2.30. The first-order valence-corrected chi connectivity index (χ1v) is 4.93. The van der Waals surface area contributed by atoms with Gasteiger partial charge in [-0.1, -0.05) is 18.2 Å². The minimum Gasteiger partial charge on any atom is -0.463 e. The van der Waals surface area contributed by atoms with Gasteiger partial charge in [0.15, 0.2) is 17.3 Å². The van der Waals surface area contributed by atoms with Crippen molar-refractivity contribution in [1.82, 2.24) is 9.78 Å². The molecule has 1 aromatic heterocycles. The largest absolute Gasteiger partial charge is 0.463 e. The molecule has 0 spiro atoms. The van der Waals surface area contributed by atoms with Gasteiger partial charge in [0.05, 0.1) is 5.69 Å². The third kappa shape index (κ3) is 2.12. The molecular weight excluding hydrogens is 236 g/mol. The number of aromatic nitrogens is 2. The number of carbonyl (C=O) groups is 1. The minimum absolute atomic E-state index is 0.0428. The lowest BCUT2D eigenvalue weighted by Crippen LogP contribution is -2.12. The first-order valence-electron chi connectivity index (χ1n) is 4.93. The monoisotopic (exact) mass is 246 g/mol. The molecule has 0 saturated heterocycles. The van der Waals surface area contributed by atoms with Crippen molar-refractivity contribution in [3.8, 4) is 0 Å². The second-order valence-electron chi connectivity index (χ2n) is 3.35. The van der Waals surface area contributed by atoms with E-state index in [0.717, 1.165) is 0 Å². The molecule has 1 aromatic carbocycles. The van der Waals surface area contributed by atoms with Gasteiger partial charge in [0.2, 0.25) is 0 Å². The van der Waals surface area contributed by atoms with E-state index in [4.69, 9.17) is 16.6 Å². The van der Waals surface area contributed by atoms with Crippen LogP contribution in [-0.2, 0) is 0 Å². The van der Waals surface area contributed by atoms with Crippen LogP contribution in [0.2, 0.25) is 0 Å². The van der Waals surface area contributed by atoms with Gasteiger partial charge in [-0.05, 0) is 12.1 Å². The van der Waals surface area contributed by atoms with Crippen molar-refractivity contribution < 1.29 is 9.90 Å². The van der Waals surface area contributed by atoms with Crippen LogP contribution in [0.25, 0.3) is 0 Å². The Balaban J connectivity index is 2.35. The Labute approximate surface area is 102 Å². The molecule has 2 rings (SSSR count). The van der Waals surface area contributed by atoms with Gasteiger partial charge in [-0.15, -0.1) is 14.9 Å². The third-order valence-electron chi connectivity index (χ3n) is 2.12. The fourth-order valence-electron chi connectivity index (χ4n) is 1.29. The van der Waals surface area contributed by atoms with Gasteiger partial charge in [-0.2, -0.15) is 5.11 Å². The maximum Gasteiger partial charge on any atom is 0.434 e. The molecule has 8 heteroatoms. The summed E-state index contributed by atoms with van der Waals surface area (Å²) in [5.74, 6) is -0.255. The Hall–Kier alpha value is -2.90. The zero-order chi connectivity index (χ0) is 13.1. The maximum atomic E-state index is 10.8. The van der Waals surface area contributed by atoms with Crippen LogP contribution in [0.1, 0.15) is 0 Å². The Kier molecular flexibility index (Phi) is 2.92. The number of benzene rings is 1. The molecule has 5 N–H and O–H groups in total. The second-order valence-corrected chi connectivity index (χ2v) is 3.35. The van der Waals surface area contributed by atoms with Gasteiger partial charge in [0.1, 0.15) is 0 Å². The van der Waals surface area contributed by atoms with Gasteiger partial charge in [0.25, 0.3) is 0 Å². The summed E-state index contributed by atoms with van der Waals surface area (Å²) < 4.78 is 0.550. The quantitative estimate of drug-likeness (QED) is 0.697. The summed E-state index contributed by atoms with van der Waals surface area (Å²) in [5.41, 5.74) is 11.7. The van der Waals surface area contributed by atoms with E-state index >= 15 is 0 Å². The number of nitrogen functional groups attached to an aromatic ring is 2. The average Bonchev–Trinajstić information content (AvgIpc) is 2.64. The molecule has 0 aliphatic heterocycles. The van der Waals surface area contributed by atoms with Crippen molar-refractivity contribution in [3.63, 3.8) is 0 Å². The van der Waals surface area contributed by atoms with Crippen LogP contribution in [0.3, 0.4) is 0 Å². The molecule has 0 radical (unpaired) electrons. The van der Waals surface area contributed by atoms with Crippen molar-refractivity contribution >= 4 is 29.1 Å². The molecule has 0 bridgehead atoms. The number of hydrogen-bond donors (Lipinski definition) is 3. The minimum atomic E-state index is -1.33. The highest BCUT2D eigenvalue weighted by atomic mass is 16.4. The molecule has 8 nitrogen and oxygen atoms in total.